The molecule has 3 unspecified atom stereocenters. The molecule has 2 rings (SSSR count). The number of alkyl halides is 1. The van der Waals surface area contributed by atoms with E-state index in [0.29, 0.717) is 6.42 Å². The van der Waals surface area contributed by atoms with Crippen molar-refractivity contribution in [3.63, 3.8) is 0 Å². The summed E-state index contributed by atoms with van der Waals surface area (Å²) >= 11 is 0. The molecule has 1 fully saturated rings. The predicted octanol–water partition coefficient (Wildman–Crippen LogP) is 1.53. The van der Waals surface area contributed by atoms with E-state index in [1.165, 1.54) is 0 Å². The molecule has 2 bridgehead atoms. The molecule has 2 aliphatic carbocycles. The first-order valence-corrected chi connectivity index (χ1v) is 3.73. The molecular weight excluding hydrogens is 166 g/mol. The number of hydrogen-bond acceptors (Lipinski definition) is 1. The summed E-state index contributed by atoms with van der Waals surface area (Å²) in [6.45, 7) is 0. The smallest absolute Gasteiger partial charge is 0.342 e. The van der Waals surface area contributed by atoms with Crippen molar-refractivity contribution in [3.8, 4) is 0 Å². The van der Waals surface area contributed by atoms with Gasteiger partial charge in [0.25, 0.3) is 0 Å². The van der Waals surface area contributed by atoms with Gasteiger partial charge in [0.1, 0.15) is 0 Å². The van der Waals surface area contributed by atoms with Gasteiger partial charge in [-0.25, -0.2) is 9.18 Å². The van der Waals surface area contributed by atoms with Gasteiger partial charge in [0.05, 0.1) is 0 Å². The third-order valence-corrected chi connectivity index (χ3v) is 2.67. The number of carboxylic acid groups (broad SMARTS) is 1. The fraction of sp³-hybridized carbons (Fsp3) is 0.625. The van der Waals surface area contributed by atoms with Crippen LogP contribution in [0.15, 0.2) is 12.2 Å². The minimum atomic E-state index is -1.96. The Bertz CT molecular complexity index is 239. The van der Waals surface area contributed by atoms with Crippen LogP contribution in [0.2, 0.25) is 0 Å². The van der Waals surface area contributed by atoms with Crippen LogP contribution in [0.4, 0.5) is 9.09 Å². The van der Waals surface area contributed by atoms with Crippen molar-refractivity contribution < 1.29 is 19.0 Å². The molecule has 1 saturated carbocycles. The molecule has 0 aromatic heterocycles. The Hall–Kier alpha value is -0.930. The predicted molar refractivity (Wildman–Crippen MR) is 39.3 cm³/mol. The van der Waals surface area contributed by atoms with Crippen LogP contribution in [0.25, 0.3) is 0 Å². The van der Waals surface area contributed by atoms with Crippen LogP contribution in [0, 0.1) is 11.8 Å². The van der Waals surface area contributed by atoms with Gasteiger partial charge in [-0.2, -0.15) is 0 Å². The van der Waals surface area contributed by atoms with E-state index in [2.05, 4.69) is 0 Å². The van der Waals surface area contributed by atoms with Crippen molar-refractivity contribution in [1.29, 1.82) is 0 Å². The lowest BCUT2D eigenvalue weighted by Crippen LogP contribution is -2.37. The maximum absolute atomic E-state index is 13.5. The zero-order valence-electron chi connectivity index (χ0n) is 6.37. The van der Waals surface area contributed by atoms with Crippen molar-refractivity contribution in [2.45, 2.75) is 18.5 Å². The van der Waals surface area contributed by atoms with E-state index in [1.807, 2.05) is 6.08 Å². The summed E-state index contributed by atoms with van der Waals surface area (Å²) in [5.74, 6) is -1.50. The number of carboxylic acids is 1. The quantitative estimate of drug-likeness (QED) is 0.615. The highest BCUT2D eigenvalue weighted by Gasteiger charge is 2.54. The van der Waals surface area contributed by atoms with Crippen LogP contribution in [0.3, 0.4) is 0 Å². The van der Waals surface area contributed by atoms with Crippen LogP contribution in [0.5, 0.6) is 0 Å². The van der Waals surface area contributed by atoms with E-state index in [4.69, 9.17) is 5.11 Å². The zero-order valence-corrected chi connectivity index (χ0v) is 6.37. The molecule has 0 heterocycles. The summed E-state index contributed by atoms with van der Waals surface area (Å²) in [6, 6.07) is 0. The van der Waals surface area contributed by atoms with E-state index in [0.717, 1.165) is 0 Å². The molecule has 0 radical (unpaired) electrons. The molecule has 2 aliphatic rings. The van der Waals surface area contributed by atoms with Gasteiger partial charge >= 0.3 is 5.97 Å². The van der Waals surface area contributed by atoms with Gasteiger partial charge in [0, 0.05) is 5.92 Å². The lowest BCUT2D eigenvalue weighted by Gasteiger charge is -2.21. The lowest BCUT2D eigenvalue weighted by atomic mass is 9.90. The van der Waals surface area contributed by atoms with Crippen LogP contribution >= 0.6 is 0 Å². The summed E-state index contributed by atoms with van der Waals surface area (Å²) in [5, 5.41) is 8.59. The van der Waals surface area contributed by atoms with Gasteiger partial charge in [-0.3, -0.25) is 4.70 Å². The average Bonchev–Trinajstić information content (AvgIpc) is 2.45. The van der Waals surface area contributed by atoms with Crippen molar-refractivity contribution in [1.82, 2.24) is 0 Å². The second-order valence-electron chi connectivity index (χ2n) is 3.36. The van der Waals surface area contributed by atoms with E-state index < -0.39 is 11.6 Å². The Morgan fingerprint density at radius 2 is 2.25 bits per heavy atom. The average molecular weight is 176 g/mol. The minimum Gasteiger partial charge on any atom is -0.479 e. The first-order valence-electron chi connectivity index (χ1n) is 3.73. The molecule has 12 heavy (non-hydrogen) atoms. The second kappa shape index (κ2) is 2.54. The molecular formula is C8H10F2O2. The van der Waals surface area contributed by atoms with Crippen LogP contribution in [0.1, 0.15) is 12.8 Å². The number of allylic oxidation sites excluding steroid dienone is 2. The molecule has 4 heteroatoms. The molecule has 2 nitrogen and oxygen atoms in total. The number of hydrogen-bond donors (Lipinski definition) is 1. The summed E-state index contributed by atoms with van der Waals surface area (Å²) in [5.41, 5.74) is -1.96. The van der Waals surface area contributed by atoms with Crippen molar-refractivity contribution in [2.75, 3.05) is 0 Å². The molecule has 0 spiro atoms. The molecule has 3 atom stereocenters. The first kappa shape index (κ1) is 9.16. The van der Waals surface area contributed by atoms with Gasteiger partial charge in [-0.15, -0.1) is 0 Å². The monoisotopic (exact) mass is 176 g/mol. The standard InChI is InChI=1S/C8H9FO2.FH/c9-8(7(10)11)4-5-1-2-6(8)3-5;/h1-2,5-6H,3-4H2,(H,10,11);1H. The summed E-state index contributed by atoms with van der Waals surface area (Å²) in [6.07, 6.45) is 4.47. The van der Waals surface area contributed by atoms with Gasteiger partial charge in [-0.05, 0) is 18.8 Å². The Balaban J connectivity index is 0.000000720. The summed E-state index contributed by atoms with van der Waals surface area (Å²) in [7, 11) is 0. The SMILES string of the molecule is F.O=C(O)C1(F)CC2C=CC1C2. The summed E-state index contributed by atoms with van der Waals surface area (Å²) in [4.78, 5) is 10.5. The zero-order chi connectivity index (χ0) is 8.06. The van der Waals surface area contributed by atoms with Crippen LogP contribution in [-0.4, -0.2) is 16.7 Å². The van der Waals surface area contributed by atoms with Crippen molar-refractivity contribution in [2.24, 2.45) is 11.8 Å². The van der Waals surface area contributed by atoms with E-state index in [1.54, 1.807) is 6.08 Å². The third kappa shape index (κ3) is 0.940. The number of rotatable bonds is 1. The topological polar surface area (TPSA) is 37.3 Å². The van der Waals surface area contributed by atoms with Crippen molar-refractivity contribution >= 4 is 5.97 Å². The Labute approximate surface area is 68.4 Å². The fourth-order valence-electron chi connectivity index (χ4n) is 2.04. The Morgan fingerprint density at radius 1 is 1.58 bits per heavy atom. The highest BCUT2D eigenvalue weighted by molar-refractivity contribution is 5.79. The highest BCUT2D eigenvalue weighted by atomic mass is 19.1. The highest BCUT2D eigenvalue weighted by Crippen LogP contribution is 2.48. The van der Waals surface area contributed by atoms with Crippen LogP contribution < -0.4 is 0 Å². The van der Waals surface area contributed by atoms with E-state index >= 15 is 0 Å². The maximum atomic E-state index is 13.5. The maximum Gasteiger partial charge on any atom is 0.342 e. The largest absolute Gasteiger partial charge is 0.479 e. The van der Waals surface area contributed by atoms with Crippen LogP contribution in [-0.2, 0) is 4.79 Å². The molecule has 68 valence electrons. The van der Waals surface area contributed by atoms with Crippen molar-refractivity contribution in [3.05, 3.63) is 12.2 Å². The Kier molecular flexibility index (Phi) is 1.94. The number of halogens is 2. The fourth-order valence-corrected chi connectivity index (χ4v) is 2.04. The number of carbonyl (C=O) groups is 1. The second-order valence-corrected chi connectivity index (χ2v) is 3.36. The minimum absolute atomic E-state index is 0. The molecule has 1 N–H and O–H groups in total. The third-order valence-electron chi connectivity index (χ3n) is 2.67. The molecule has 0 aromatic carbocycles. The molecule has 0 aliphatic heterocycles. The molecule has 0 aromatic rings. The van der Waals surface area contributed by atoms with Gasteiger partial charge < -0.3 is 5.11 Å². The Morgan fingerprint density at radius 3 is 2.50 bits per heavy atom. The normalized spacial score (nSPS) is 42.8. The van der Waals surface area contributed by atoms with E-state index in [9.17, 15) is 9.18 Å². The first-order chi connectivity index (χ1) is 5.13. The van der Waals surface area contributed by atoms with Gasteiger partial charge in [0.2, 0.25) is 5.67 Å². The molecule has 0 amide bonds. The molecule has 0 saturated heterocycles. The van der Waals surface area contributed by atoms with Gasteiger partial charge in [-0.1, -0.05) is 12.2 Å². The van der Waals surface area contributed by atoms with Gasteiger partial charge in [0.15, 0.2) is 0 Å². The summed E-state index contributed by atoms with van der Waals surface area (Å²) < 4.78 is 13.5. The number of aliphatic carboxylic acids is 1. The lowest BCUT2D eigenvalue weighted by molar-refractivity contribution is -0.152. The van der Waals surface area contributed by atoms with E-state index in [-0.39, 0.29) is 23.0 Å². The number of fused-ring (bicyclic) bond motifs is 2.